The zero-order valence-corrected chi connectivity index (χ0v) is 25.1. The summed E-state index contributed by atoms with van der Waals surface area (Å²) < 4.78 is 94.1. The van der Waals surface area contributed by atoms with Crippen molar-refractivity contribution >= 4 is 40.0 Å². The van der Waals surface area contributed by atoms with Crippen molar-refractivity contribution < 1.29 is 35.5 Å². The molecule has 4 aromatic rings. The fourth-order valence-electron chi connectivity index (χ4n) is 5.00. The van der Waals surface area contributed by atoms with Gasteiger partial charge in [0.1, 0.15) is 5.82 Å². The van der Waals surface area contributed by atoms with Crippen molar-refractivity contribution in [3.05, 3.63) is 104 Å². The van der Waals surface area contributed by atoms with Crippen LogP contribution in [-0.2, 0) is 18.8 Å². The molecule has 0 bridgehead atoms. The van der Waals surface area contributed by atoms with Crippen LogP contribution >= 0.6 is 23.2 Å². The maximum absolute atomic E-state index is 13.8. The number of hydrogen-bond acceptors (Lipinski definition) is 2. The van der Waals surface area contributed by atoms with E-state index in [9.17, 15) is 35.5 Å². The van der Waals surface area contributed by atoms with Crippen molar-refractivity contribution in [2.45, 2.75) is 31.1 Å². The molecule has 1 heterocycles. The number of benzene rings is 3. The highest BCUT2D eigenvalue weighted by Gasteiger charge is 2.38. The molecule has 0 aliphatic carbocycles. The van der Waals surface area contributed by atoms with E-state index in [1.165, 1.54) is 19.2 Å². The molecule has 0 spiro atoms. The van der Waals surface area contributed by atoms with Gasteiger partial charge in [0.15, 0.2) is 0 Å². The molecule has 1 atom stereocenters. The second-order valence-corrected chi connectivity index (χ2v) is 11.5. The van der Waals surface area contributed by atoms with Gasteiger partial charge in [-0.2, -0.15) is 26.3 Å². The van der Waals surface area contributed by atoms with Gasteiger partial charge in [-0.3, -0.25) is 4.79 Å². The summed E-state index contributed by atoms with van der Waals surface area (Å²) in [5.41, 5.74) is -1.40. The molecule has 1 aromatic heterocycles. The number of alkyl halides is 6. The number of amides is 1. The first-order chi connectivity index (χ1) is 20.5. The standard InChI is InChI=1S/C31H28Cl2F7N3O/c1-42(9-7-19-16-41-28-6-4-24(34)15-25(19)28)10-8-20(18-3-5-26(32)27(33)13-18)17-43(2)29(44)21-11-22(30(35,36)37)14-23(12-21)31(38,39)40/h3-6,11-16,20,41H,7-10,17H2,1-2H3. The first kappa shape index (κ1) is 33.6. The lowest BCUT2D eigenvalue weighted by Crippen LogP contribution is -2.33. The number of aromatic amines is 1. The molecule has 13 heteroatoms. The third-order valence-corrected chi connectivity index (χ3v) is 8.18. The summed E-state index contributed by atoms with van der Waals surface area (Å²) in [4.78, 5) is 19.5. The van der Waals surface area contributed by atoms with Crippen LogP contribution < -0.4 is 0 Å². The van der Waals surface area contributed by atoms with Crippen molar-refractivity contribution in [3.63, 3.8) is 0 Å². The maximum atomic E-state index is 13.8. The molecule has 44 heavy (non-hydrogen) atoms. The quantitative estimate of drug-likeness (QED) is 0.172. The predicted octanol–water partition coefficient (Wildman–Crippen LogP) is 9.07. The van der Waals surface area contributed by atoms with Crippen LogP contribution in [0.1, 0.15) is 45.0 Å². The highest BCUT2D eigenvalue weighted by molar-refractivity contribution is 6.42. The van der Waals surface area contributed by atoms with E-state index in [1.54, 1.807) is 24.3 Å². The summed E-state index contributed by atoms with van der Waals surface area (Å²) >= 11 is 12.3. The van der Waals surface area contributed by atoms with Crippen molar-refractivity contribution in [1.82, 2.24) is 14.8 Å². The van der Waals surface area contributed by atoms with Gasteiger partial charge in [-0.15, -0.1) is 0 Å². The van der Waals surface area contributed by atoms with Crippen LogP contribution in [-0.4, -0.2) is 54.4 Å². The van der Waals surface area contributed by atoms with Gasteiger partial charge in [0, 0.05) is 48.7 Å². The molecule has 0 saturated heterocycles. The van der Waals surface area contributed by atoms with Crippen molar-refractivity contribution in [1.29, 1.82) is 0 Å². The number of hydrogen-bond donors (Lipinski definition) is 1. The minimum absolute atomic E-state index is 0.0160. The third-order valence-electron chi connectivity index (χ3n) is 7.44. The van der Waals surface area contributed by atoms with Crippen LogP contribution in [0.3, 0.4) is 0 Å². The van der Waals surface area contributed by atoms with Gasteiger partial charge in [0.05, 0.1) is 21.2 Å². The molecule has 1 amide bonds. The van der Waals surface area contributed by atoms with E-state index in [4.69, 9.17) is 23.2 Å². The number of halogens is 9. The lowest BCUT2D eigenvalue weighted by atomic mass is 9.94. The van der Waals surface area contributed by atoms with Crippen LogP contribution in [0.5, 0.6) is 0 Å². The average molecular weight is 662 g/mol. The van der Waals surface area contributed by atoms with E-state index in [0.717, 1.165) is 21.4 Å². The molecule has 4 nitrogen and oxygen atoms in total. The monoisotopic (exact) mass is 661 g/mol. The van der Waals surface area contributed by atoms with Gasteiger partial charge >= 0.3 is 12.4 Å². The molecule has 0 fully saturated rings. The Balaban J connectivity index is 1.51. The summed E-state index contributed by atoms with van der Waals surface area (Å²) in [6, 6.07) is 10.3. The number of aromatic nitrogens is 1. The molecule has 0 aliphatic rings. The SMILES string of the molecule is CN(CCc1c[nH]c2ccc(F)cc12)CCC(CN(C)C(=O)c1cc(C(F)(F)F)cc(C(F)(F)F)c1)c1ccc(Cl)c(Cl)c1. The molecule has 0 radical (unpaired) electrons. The number of H-pyrrole nitrogens is 1. The minimum atomic E-state index is -5.08. The Hall–Kier alpha value is -3.28. The Morgan fingerprint density at radius 2 is 1.52 bits per heavy atom. The molecule has 1 unspecified atom stereocenters. The molecule has 3 aromatic carbocycles. The Morgan fingerprint density at radius 1 is 0.864 bits per heavy atom. The highest BCUT2D eigenvalue weighted by Crippen LogP contribution is 2.37. The van der Waals surface area contributed by atoms with Gasteiger partial charge in [-0.05, 0) is 86.1 Å². The summed E-state index contributed by atoms with van der Waals surface area (Å²) in [6.45, 7) is 1.10. The molecular weight excluding hydrogens is 634 g/mol. The zero-order valence-electron chi connectivity index (χ0n) is 23.6. The maximum Gasteiger partial charge on any atom is 0.416 e. The highest BCUT2D eigenvalue weighted by atomic mass is 35.5. The minimum Gasteiger partial charge on any atom is -0.361 e. The average Bonchev–Trinajstić information content (AvgIpc) is 3.35. The summed E-state index contributed by atoms with van der Waals surface area (Å²) in [7, 11) is 3.21. The number of nitrogens with one attached hydrogen (secondary N) is 1. The normalized spacial score (nSPS) is 13.1. The smallest absolute Gasteiger partial charge is 0.361 e. The summed E-state index contributed by atoms with van der Waals surface area (Å²) in [5.74, 6) is -1.72. The molecule has 1 N–H and O–H groups in total. The van der Waals surface area contributed by atoms with Crippen molar-refractivity contribution in [3.8, 4) is 0 Å². The number of fused-ring (bicyclic) bond motifs is 1. The number of likely N-dealkylation sites (N-methyl/N-ethyl adjacent to an activating group) is 2. The van der Waals surface area contributed by atoms with Gasteiger partial charge in [-0.1, -0.05) is 29.3 Å². The van der Waals surface area contributed by atoms with E-state index < -0.39 is 40.9 Å². The van der Waals surface area contributed by atoms with E-state index in [0.29, 0.717) is 48.6 Å². The number of carbonyl (C=O) groups is 1. The van der Waals surface area contributed by atoms with Gasteiger partial charge in [-0.25, -0.2) is 4.39 Å². The first-order valence-corrected chi connectivity index (χ1v) is 14.2. The number of rotatable bonds is 10. The van der Waals surface area contributed by atoms with E-state index in [-0.39, 0.29) is 23.5 Å². The van der Waals surface area contributed by atoms with E-state index in [2.05, 4.69) is 4.98 Å². The van der Waals surface area contributed by atoms with Crippen LogP contribution in [0, 0.1) is 5.82 Å². The van der Waals surface area contributed by atoms with Gasteiger partial charge in [0.2, 0.25) is 0 Å². The molecule has 4 rings (SSSR count). The van der Waals surface area contributed by atoms with Crippen LogP contribution in [0.25, 0.3) is 10.9 Å². The van der Waals surface area contributed by atoms with E-state index >= 15 is 0 Å². The number of nitrogens with zero attached hydrogens (tertiary/aromatic N) is 2. The molecular formula is C31H28Cl2F7N3O. The fourth-order valence-corrected chi connectivity index (χ4v) is 5.31. The molecule has 0 saturated carbocycles. The largest absolute Gasteiger partial charge is 0.416 e. The third kappa shape index (κ3) is 8.25. The second kappa shape index (κ2) is 13.4. The van der Waals surface area contributed by atoms with Gasteiger partial charge in [0.25, 0.3) is 5.91 Å². The Morgan fingerprint density at radius 3 is 2.14 bits per heavy atom. The van der Waals surface area contributed by atoms with Crippen molar-refractivity contribution in [2.75, 3.05) is 33.7 Å². The van der Waals surface area contributed by atoms with Crippen LogP contribution in [0.2, 0.25) is 10.0 Å². The summed E-state index contributed by atoms with van der Waals surface area (Å²) in [5, 5.41) is 1.35. The molecule has 236 valence electrons. The molecule has 0 aliphatic heterocycles. The lowest BCUT2D eigenvalue weighted by molar-refractivity contribution is -0.143. The second-order valence-electron chi connectivity index (χ2n) is 10.7. The Bertz CT molecular complexity index is 1600. The van der Waals surface area contributed by atoms with E-state index in [1.807, 2.05) is 18.1 Å². The zero-order chi connectivity index (χ0) is 32.4. The first-order valence-electron chi connectivity index (χ1n) is 13.5. The van der Waals surface area contributed by atoms with Gasteiger partial charge < -0.3 is 14.8 Å². The number of carbonyl (C=O) groups excluding carboxylic acids is 1. The summed E-state index contributed by atoms with van der Waals surface area (Å²) in [6.07, 6.45) is -7.25. The van der Waals surface area contributed by atoms with Crippen molar-refractivity contribution in [2.24, 2.45) is 0 Å². The topological polar surface area (TPSA) is 39.3 Å². The Kier molecular flexibility index (Phi) is 10.2. The fraction of sp³-hybridized carbons (Fsp3) is 0.323. The predicted molar refractivity (Wildman–Crippen MR) is 157 cm³/mol. The van der Waals surface area contributed by atoms with Crippen LogP contribution in [0.15, 0.2) is 60.8 Å². The lowest BCUT2D eigenvalue weighted by Gasteiger charge is -2.27. The van der Waals surface area contributed by atoms with Crippen LogP contribution in [0.4, 0.5) is 30.7 Å². The Labute approximate surface area is 259 Å².